The first-order chi connectivity index (χ1) is 12.9. The van der Waals surface area contributed by atoms with Crippen molar-refractivity contribution in [1.29, 1.82) is 0 Å². The van der Waals surface area contributed by atoms with Crippen LogP contribution in [0.5, 0.6) is 0 Å². The standard InChI is InChI=1S/C17H21F3N6O/c1-2-9-25(13-5-7-21-8-6-13)16(27)14-11-26(24-23-14)15-4-3-12(10-22-15)17(18,19)20/h3-4,10-11,13,21H,2,5-9H2,1H3. The van der Waals surface area contributed by atoms with Crippen LogP contribution < -0.4 is 5.32 Å². The zero-order chi connectivity index (χ0) is 19.4. The SMILES string of the molecule is CCCN(C(=O)c1cn(-c2ccc(C(F)(F)F)cn2)nn1)C1CCNCC1. The largest absolute Gasteiger partial charge is 0.417 e. The lowest BCUT2D eigenvalue weighted by Gasteiger charge is -2.34. The van der Waals surface area contributed by atoms with Crippen LogP contribution in [0.25, 0.3) is 5.82 Å². The van der Waals surface area contributed by atoms with Gasteiger partial charge in [0.15, 0.2) is 11.5 Å². The zero-order valence-electron chi connectivity index (χ0n) is 14.9. The Morgan fingerprint density at radius 2 is 2.07 bits per heavy atom. The van der Waals surface area contributed by atoms with Gasteiger partial charge in [-0.15, -0.1) is 5.10 Å². The van der Waals surface area contributed by atoms with Crippen LogP contribution >= 0.6 is 0 Å². The van der Waals surface area contributed by atoms with Crippen LogP contribution in [0.1, 0.15) is 42.2 Å². The molecule has 2 aromatic heterocycles. The number of pyridine rings is 1. The first kappa shape index (κ1) is 19.3. The van der Waals surface area contributed by atoms with Crippen LogP contribution in [0.15, 0.2) is 24.5 Å². The third kappa shape index (κ3) is 4.44. The molecule has 1 fully saturated rings. The number of hydrogen-bond donors (Lipinski definition) is 1. The number of aromatic nitrogens is 4. The van der Waals surface area contributed by atoms with Crippen molar-refractivity contribution >= 4 is 5.91 Å². The highest BCUT2D eigenvalue weighted by molar-refractivity contribution is 5.92. The fraction of sp³-hybridized carbons (Fsp3) is 0.529. The minimum absolute atomic E-state index is 0.146. The van der Waals surface area contributed by atoms with Crippen molar-refractivity contribution in [3.8, 4) is 5.82 Å². The summed E-state index contributed by atoms with van der Waals surface area (Å²) >= 11 is 0. The molecule has 2 aromatic rings. The summed E-state index contributed by atoms with van der Waals surface area (Å²) in [4.78, 5) is 18.5. The molecule has 27 heavy (non-hydrogen) atoms. The van der Waals surface area contributed by atoms with E-state index in [9.17, 15) is 18.0 Å². The lowest BCUT2D eigenvalue weighted by atomic mass is 10.0. The summed E-state index contributed by atoms with van der Waals surface area (Å²) in [7, 11) is 0. The molecule has 0 saturated carbocycles. The molecule has 1 N–H and O–H groups in total. The summed E-state index contributed by atoms with van der Waals surface area (Å²) in [5.74, 6) is -0.0552. The molecule has 146 valence electrons. The number of carbonyl (C=O) groups is 1. The second-order valence-electron chi connectivity index (χ2n) is 6.43. The third-order valence-electron chi connectivity index (χ3n) is 4.50. The van der Waals surface area contributed by atoms with Crippen LogP contribution in [0.3, 0.4) is 0 Å². The Balaban J connectivity index is 1.78. The van der Waals surface area contributed by atoms with Gasteiger partial charge in [0.25, 0.3) is 5.91 Å². The van der Waals surface area contributed by atoms with E-state index in [0.29, 0.717) is 6.54 Å². The lowest BCUT2D eigenvalue weighted by molar-refractivity contribution is -0.137. The Labute approximate surface area is 154 Å². The quantitative estimate of drug-likeness (QED) is 0.859. The molecule has 3 heterocycles. The number of carbonyl (C=O) groups excluding carboxylic acids is 1. The Morgan fingerprint density at radius 3 is 2.67 bits per heavy atom. The fourth-order valence-electron chi connectivity index (χ4n) is 3.12. The fourth-order valence-corrected chi connectivity index (χ4v) is 3.12. The van der Waals surface area contributed by atoms with Crippen molar-refractivity contribution in [2.45, 2.75) is 38.4 Å². The second-order valence-corrected chi connectivity index (χ2v) is 6.43. The number of nitrogens with zero attached hydrogens (tertiary/aromatic N) is 5. The van der Waals surface area contributed by atoms with E-state index < -0.39 is 11.7 Å². The first-order valence-electron chi connectivity index (χ1n) is 8.88. The molecule has 3 rings (SSSR count). The highest BCUT2D eigenvalue weighted by atomic mass is 19.4. The summed E-state index contributed by atoms with van der Waals surface area (Å²) in [5.41, 5.74) is -0.689. The van der Waals surface area contributed by atoms with Gasteiger partial charge in [-0.3, -0.25) is 4.79 Å². The number of hydrogen-bond acceptors (Lipinski definition) is 5. The number of rotatable bonds is 5. The van der Waals surface area contributed by atoms with Crippen LogP contribution in [0.2, 0.25) is 0 Å². The molecular weight excluding hydrogens is 361 g/mol. The van der Waals surface area contributed by atoms with E-state index in [1.165, 1.54) is 16.9 Å². The van der Waals surface area contributed by atoms with Gasteiger partial charge in [-0.2, -0.15) is 13.2 Å². The predicted molar refractivity (Wildman–Crippen MR) is 91.4 cm³/mol. The van der Waals surface area contributed by atoms with Gasteiger partial charge >= 0.3 is 6.18 Å². The van der Waals surface area contributed by atoms with Crippen molar-refractivity contribution in [2.75, 3.05) is 19.6 Å². The molecule has 7 nitrogen and oxygen atoms in total. The van der Waals surface area contributed by atoms with Gasteiger partial charge in [0.2, 0.25) is 0 Å². The van der Waals surface area contributed by atoms with E-state index in [2.05, 4.69) is 20.6 Å². The highest BCUT2D eigenvalue weighted by Crippen LogP contribution is 2.28. The van der Waals surface area contributed by atoms with Gasteiger partial charge in [0.1, 0.15) is 0 Å². The monoisotopic (exact) mass is 382 g/mol. The average Bonchev–Trinajstić information content (AvgIpc) is 3.16. The van der Waals surface area contributed by atoms with Gasteiger partial charge in [-0.05, 0) is 44.5 Å². The molecule has 0 radical (unpaired) electrons. The lowest BCUT2D eigenvalue weighted by Crippen LogP contribution is -2.46. The summed E-state index contributed by atoms with van der Waals surface area (Å²) in [6.45, 7) is 4.35. The Morgan fingerprint density at radius 1 is 1.33 bits per heavy atom. The van der Waals surface area contributed by atoms with E-state index >= 15 is 0 Å². The van der Waals surface area contributed by atoms with Crippen LogP contribution in [0.4, 0.5) is 13.2 Å². The van der Waals surface area contributed by atoms with Gasteiger partial charge in [-0.25, -0.2) is 9.67 Å². The summed E-state index contributed by atoms with van der Waals surface area (Å²) < 4.78 is 39.1. The summed E-state index contributed by atoms with van der Waals surface area (Å²) in [5, 5.41) is 11.0. The maximum absolute atomic E-state index is 12.9. The highest BCUT2D eigenvalue weighted by Gasteiger charge is 2.31. The van der Waals surface area contributed by atoms with Crippen molar-refractivity contribution in [1.82, 2.24) is 30.2 Å². The van der Waals surface area contributed by atoms with Gasteiger partial charge in [-0.1, -0.05) is 12.1 Å². The van der Waals surface area contributed by atoms with Crippen molar-refractivity contribution in [3.63, 3.8) is 0 Å². The van der Waals surface area contributed by atoms with E-state index in [0.717, 1.165) is 44.6 Å². The minimum Gasteiger partial charge on any atom is -0.334 e. The normalized spacial score (nSPS) is 15.7. The van der Waals surface area contributed by atoms with Crippen LogP contribution in [-0.2, 0) is 6.18 Å². The number of amides is 1. The molecule has 0 atom stereocenters. The second kappa shape index (κ2) is 8.03. The third-order valence-corrected chi connectivity index (χ3v) is 4.50. The zero-order valence-corrected chi connectivity index (χ0v) is 14.9. The first-order valence-corrected chi connectivity index (χ1v) is 8.88. The average molecular weight is 382 g/mol. The topological polar surface area (TPSA) is 75.9 Å². The van der Waals surface area contributed by atoms with E-state index in [4.69, 9.17) is 0 Å². The molecule has 0 aliphatic carbocycles. The van der Waals surface area contributed by atoms with Crippen molar-refractivity contribution in [2.24, 2.45) is 0 Å². The maximum Gasteiger partial charge on any atom is 0.417 e. The Bertz CT molecular complexity index is 768. The van der Waals surface area contributed by atoms with Crippen molar-refractivity contribution < 1.29 is 18.0 Å². The Kier molecular flexibility index (Phi) is 5.73. The van der Waals surface area contributed by atoms with E-state index in [-0.39, 0.29) is 23.5 Å². The molecule has 1 aliphatic rings. The summed E-state index contributed by atoms with van der Waals surface area (Å²) in [6.07, 6.45) is 0.258. The minimum atomic E-state index is -4.45. The molecule has 1 saturated heterocycles. The molecule has 1 amide bonds. The molecule has 10 heteroatoms. The number of alkyl halides is 3. The smallest absolute Gasteiger partial charge is 0.334 e. The van der Waals surface area contributed by atoms with Gasteiger partial charge < -0.3 is 10.2 Å². The molecule has 0 bridgehead atoms. The number of halogens is 3. The van der Waals surface area contributed by atoms with E-state index in [1.54, 1.807) is 0 Å². The van der Waals surface area contributed by atoms with Crippen LogP contribution in [0, 0.1) is 0 Å². The summed E-state index contributed by atoms with van der Waals surface area (Å²) in [6, 6.07) is 2.26. The van der Waals surface area contributed by atoms with Crippen molar-refractivity contribution in [3.05, 3.63) is 35.8 Å². The number of piperidine rings is 1. The molecule has 1 aliphatic heterocycles. The predicted octanol–water partition coefficient (Wildman–Crippen LogP) is 2.29. The van der Waals surface area contributed by atoms with E-state index in [1.807, 2.05) is 11.8 Å². The molecule has 0 unspecified atom stereocenters. The van der Waals surface area contributed by atoms with Crippen LogP contribution in [-0.4, -0.2) is 56.5 Å². The van der Waals surface area contributed by atoms with Gasteiger partial charge in [0.05, 0.1) is 11.8 Å². The maximum atomic E-state index is 12.9. The number of nitrogens with one attached hydrogen (secondary N) is 1. The Hall–Kier alpha value is -2.49. The van der Waals surface area contributed by atoms with Gasteiger partial charge in [0, 0.05) is 18.8 Å². The molecule has 0 aromatic carbocycles. The molecule has 0 spiro atoms. The molecular formula is C17H21F3N6O.